The molecule has 0 fully saturated rings. The number of fused-ring (bicyclic) bond motifs is 1. The Morgan fingerprint density at radius 2 is 1.56 bits per heavy atom. The number of hydrogen-bond acceptors (Lipinski definition) is 2. The van der Waals surface area contributed by atoms with Gasteiger partial charge in [-0.05, 0) is 72.9 Å². The summed E-state index contributed by atoms with van der Waals surface area (Å²) in [5, 5.41) is 1.24. The summed E-state index contributed by atoms with van der Waals surface area (Å²) in [7, 11) is 0. The summed E-state index contributed by atoms with van der Waals surface area (Å²) in [4.78, 5) is 8.92. The average Bonchev–Trinajstić information content (AvgIpc) is 2.84. The number of benzene rings is 3. The number of rotatable bonds is 7. The largest absolute Gasteiger partial charge is 0.416 e. The summed E-state index contributed by atoms with van der Waals surface area (Å²) in [5.74, 6) is 0.277. The van der Waals surface area contributed by atoms with Gasteiger partial charge in [-0.1, -0.05) is 48.6 Å². The minimum atomic E-state index is -4.36. The Morgan fingerprint density at radius 1 is 0.824 bits per heavy atom. The second kappa shape index (κ2) is 10.2. The molecule has 0 saturated heterocycles. The van der Waals surface area contributed by atoms with E-state index in [1.54, 1.807) is 18.2 Å². The molecule has 0 atom stereocenters. The molecule has 34 heavy (non-hydrogen) atoms. The quantitative estimate of drug-likeness (QED) is 0.206. The Morgan fingerprint density at radius 3 is 2.24 bits per heavy atom. The van der Waals surface area contributed by atoms with Crippen LogP contribution in [0.2, 0.25) is 0 Å². The SMILES string of the molecule is C/C=C/CCc1cnc(-c2ccc3c(F)c(CCc4ccc(C(F)(F)F)cc4)ccc3c2)nc1. The van der Waals surface area contributed by atoms with Crippen molar-refractivity contribution in [1.29, 1.82) is 0 Å². The lowest BCUT2D eigenvalue weighted by Crippen LogP contribution is -2.04. The van der Waals surface area contributed by atoms with Crippen molar-refractivity contribution in [3.63, 3.8) is 0 Å². The zero-order valence-corrected chi connectivity index (χ0v) is 18.7. The van der Waals surface area contributed by atoms with Crippen molar-refractivity contribution >= 4 is 10.8 Å². The molecule has 0 spiro atoms. The molecule has 0 unspecified atom stereocenters. The van der Waals surface area contributed by atoms with Crippen LogP contribution in [0.1, 0.15) is 35.6 Å². The lowest BCUT2D eigenvalue weighted by molar-refractivity contribution is -0.137. The lowest BCUT2D eigenvalue weighted by Gasteiger charge is -2.10. The van der Waals surface area contributed by atoms with Crippen molar-refractivity contribution in [3.8, 4) is 11.4 Å². The van der Waals surface area contributed by atoms with Gasteiger partial charge in [-0.15, -0.1) is 0 Å². The Bertz CT molecular complexity index is 1290. The Balaban J connectivity index is 1.48. The van der Waals surface area contributed by atoms with E-state index in [1.807, 2.05) is 37.5 Å². The molecule has 1 aromatic heterocycles. The molecule has 174 valence electrons. The van der Waals surface area contributed by atoms with Crippen molar-refractivity contribution in [2.24, 2.45) is 0 Å². The first-order valence-electron chi connectivity index (χ1n) is 11.1. The first kappa shape index (κ1) is 23.6. The van der Waals surface area contributed by atoms with Gasteiger partial charge in [-0.2, -0.15) is 13.2 Å². The van der Waals surface area contributed by atoms with E-state index in [1.165, 1.54) is 12.1 Å². The van der Waals surface area contributed by atoms with Gasteiger partial charge in [-0.3, -0.25) is 0 Å². The van der Waals surface area contributed by atoms with Crippen LogP contribution in [0, 0.1) is 5.82 Å². The summed E-state index contributed by atoms with van der Waals surface area (Å²) >= 11 is 0. The number of nitrogens with zero attached hydrogens (tertiary/aromatic N) is 2. The Labute approximate surface area is 196 Å². The molecule has 0 saturated carbocycles. The maximum Gasteiger partial charge on any atom is 0.416 e. The van der Waals surface area contributed by atoms with Crippen molar-refractivity contribution in [3.05, 3.63) is 107 Å². The van der Waals surface area contributed by atoms with Crippen molar-refractivity contribution in [2.45, 2.75) is 38.8 Å². The molecule has 0 amide bonds. The second-order valence-corrected chi connectivity index (χ2v) is 8.19. The molecule has 3 aromatic carbocycles. The van der Waals surface area contributed by atoms with E-state index in [9.17, 15) is 13.2 Å². The predicted molar refractivity (Wildman–Crippen MR) is 127 cm³/mol. The molecular weight excluding hydrogens is 440 g/mol. The molecular formula is C28H24F4N2. The highest BCUT2D eigenvalue weighted by Crippen LogP contribution is 2.30. The number of hydrogen-bond donors (Lipinski definition) is 0. The highest BCUT2D eigenvalue weighted by Gasteiger charge is 2.29. The topological polar surface area (TPSA) is 25.8 Å². The summed E-state index contributed by atoms with van der Waals surface area (Å²) in [5.41, 5.74) is 2.45. The summed E-state index contributed by atoms with van der Waals surface area (Å²) in [6.45, 7) is 1.99. The molecule has 2 nitrogen and oxygen atoms in total. The summed E-state index contributed by atoms with van der Waals surface area (Å²) < 4.78 is 53.3. The van der Waals surface area contributed by atoms with Gasteiger partial charge in [0.2, 0.25) is 0 Å². The first-order valence-corrected chi connectivity index (χ1v) is 11.1. The molecule has 0 aliphatic rings. The molecule has 4 rings (SSSR count). The first-order chi connectivity index (χ1) is 16.3. The zero-order valence-electron chi connectivity index (χ0n) is 18.7. The molecule has 6 heteroatoms. The fraction of sp³-hybridized carbons (Fsp3) is 0.214. The Kier molecular flexibility index (Phi) is 7.06. The molecule has 4 aromatic rings. The summed E-state index contributed by atoms with van der Waals surface area (Å²) in [6.07, 6.45) is 6.06. The van der Waals surface area contributed by atoms with E-state index in [4.69, 9.17) is 0 Å². The minimum absolute atomic E-state index is 0.309. The van der Waals surface area contributed by atoms with E-state index in [0.717, 1.165) is 47.1 Å². The third kappa shape index (κ3) is 5.50. The van der Waals surface area contributed by atoms with Crippen LogP contribution in [-0.4, -0.2) is 9.97 Å². The predicted octanol–water partition coefficient (Wildman–Crippen LogP) is 7.75. The van der Waals surface area contributed by atoms with Crippen LogP contribution in [0.4, 0.5) is 17.6 Å². The van der Waals surface area contributed by atoms with Gasteiger partial charge in [0, 0.05) is 23.3 Å². The van der Waals surface area contributed by atoms with E-state index in [0.29, 0.717) is 29.6 Å². The van der Waals surface area contributed by atoms with Crippen LogP contribution < -0.4 is 0 Å². The van der Waals surface area contributed by atoms with E-state index in [2.05, 4.69) is 16.0 Å². The molecule has 0 radical (unpaired) electrons. The van der Waals surface area contributed by atoms with Crippen LogP contribution in [0.5, 0.6) is 0 Å². The van der Waals surface area contributed by atoms with Gasteiger partial charge in [-0.25, -0.2) is 14.4 Å². The average molecular weight is 465 g/mol. The number of halogens is 4. The minimum Gasteiger partial charge on any atom is -0.236 e. The number of aryl methyl sites for hydroxylation is 3. The van der Waals surface area contributed by atoms with Gasteiger partial charge in [0.15, 0.2) is 5.82 Å². The highest BCUT2D eigenvalue weighted by molar-refractivity contribution is 5.87. The molecule has 0 aliphatic carbocycles. The number of allylic oxidation sites excluding steroid dienone is 2. The van der Waals surface area contributed by atoms with E-state index < -0.39 is 11.7 Å². The normalized spacial score (nSPS) is 12.0. The van der Waals surface area contributed by atoms with E-state index >= 15 is 4.39 Å². The van der Waals surface area contributed by atoms with Crippen LogP contribution in [0.3, 0.4) is 0 Å². The monoisotopic (exact) mass is 464 g/mol. The standard InChI is InChI=1S/C28H24F4N2/c1-2-3-4-5-20-17-33-27(34-18-20)23-12-15-25-22(16-23)11-10-21(26(25)29)9-6-19-7-13-24(14-8-19)28(30,31)32/h2-3,7-8,10-18H,4-6,9H2,1H3/b3-2+. The maximum atomic E-state index is 15.1. The van der Waals surface area contributed by atoms with Crippen molar-refractivity contribution in [2.75, 3.05) is 0 Å². The Hall–Kier alpha value is -3.54. The van der Waals surface area contributed by atoms with Gasteiger partial charge in [0.05, 0.1) is 5.56 Å². The van der Waals surface area contributed by atoms with Gasteiger partial charge >= 0.3 is 6.18 Å². The smallest absolute Gasteiger partial charge is 0.236 e. The summed E-state index contributed by atoms with van der Waals surface area (Å²) in [6, 6.07) is 14.0. The van der Waals surface area contributed by atoms with Gasteiger partial charge in [0.25, 0.3) is 0 Å². The van der Waals surface area contributed by atoms with Crippen molar-refractivity contribution in [1.82, 2.24) is 9.97 Å². The molecule has 0 bridgehead atoms. The van der Waals surface area contributed by atoms with Crippen LogP contribution in [-0.2, 0) is 25.4 Å². The lowest BCUT2D eigenvalue weighted by atomic mass is 9.98. The molecule has 1 heterocycles. The number of aromatic nitrogens is 2. The van der Waals surface area contributed by atoms with Crippen LogP contribution in [0.15, 0.2) is 79.1 Å². The van der Waals surface area contributed by atoms with Gasteiger partial charge in [0.1, 0.15) is 5.82 Å². The molecule has 0 N–H and O–H groups in total. The van der Waals surface area contributed by atoms with Crippen molar-refractivity contribution < 1.29 is 17.6 Å². The fourth-order valence-corrected chi connectivity index (χ4v) is 3.86. The third-order valence-corrected chi connectivity index (χ3v) is 5.80. The fourth-order valence-electron chi connectivity index (χ4n) is 3.86. The van der Waals surface area contributed by atoms with Gasteiger partial charge < -0.3 is 0 Å². The highest BCUT2D eigenvalue weighted by atomic mass is 19.4. The van der Waals surface area contributed by atoms with E-state index in [-0.39, 0.29) is 5.82 Å². The third-order valence-electron chi connectivity index (χ3n) is 5.80. The maximum absolute atomic E-state index is 15.1. The van der Waals surface area contributed by atoms with Crippen LogP contribution >= 0.6 is 0 Å². The second-order valence-electron chi connectivity index (χ2n) is 8.19. The van der Waals surface area contributed by atoms with Crippen LogP contribution in [0.25, 0.3) is 22.2 Å². The number of alkyl halides is 3. The molecule has 0 aliphatic heterocycles. The zero-order chi connectivity index (χ0) is 24.1.